The zero-order valence-corrected chi connectivity index (χ0v) is 12.5. The summed E-state index contributed by atoms with van der Waals surface area (Å²) >= 11 is 3.22. The van der Waals surface area contributed by atoms with Gasteiger partial charge in [0.2, 0.25) is 0 Å². The number of hydrogen-bond donors (Lipinski definition) is 2. The van der Waals surface area contributed by atoms with Crippen LogP contribution in [0.5, 0.6) is 0 Å². The number of carbonyl (C=O) groups excluding carboxylic acids is 1. The molecule has 0 atom stereocenters. The molecule has 0 aliphatic carbocycles. The van der Waals surface area contributed by atoms with Crippen LogP contribution in [0.2, 0.25) is 0 Å². The number of carbonyl (C=O) groups is 1. The average Bonchev–Trinajstić information content (AvgIpc) is 2.44. The van der Waals surface area contributed by atoms with Crippen LogP contribution in [0.15, 0.2) is 34.8 Å². The third-order valence-electron chi connectivity index (χ3n) is 2.74. The van der Waals surface area contributed by atoms with Crippen LogP contribution < -0.4 is 11.1 Å². The van der Waals surface area contributed by atoms with E-state index in [0.29, 0.717) is 10.2 Å². The average molecular weight is 357 g/mol. The number of methoxy groups -OCH3 is 1. The first-order valence-corrected chi connectivity index (χ1v) is 6.61. The van der Waals surface area contributed by atoms with Gasteiger partial charge in [-0.3, -0.25) is 0 Å². The summed E-state index contributed by atoms with van der Waals surface area (Å²) < 4.78 is 32.2. The molecule has 0 fully saturated rings. The number of halogens is 3. The van der Waals surface area contributed by atoms with E-state index in [1.165, 1.54) is 31.4 Å². The van der Waals surface area contributed by atoms with Crippen LogP contribution in [0, 0.1) is 11.6 Å². The Kier molecular flexibility index (Phi) is 4.42. The number of esters is 1. The third-order valence-corrected chi connectivity index (χ3v) is 3.43. The summed E-state index contributed by atoms with van der Waals surface area (Å²) in [6.45, 7) is 0. The van der Waals surface area contributed by atoms with Crippen molar-refractivity contribution >= 4 is 39.0 Å². The molecule has 0 amide bonds. The Balaban J connectivity index is 2.44. The number of benzene rings is 2. The van der Waals surface area contributed by atoms with Gasteiger partial charge in [-0.15, -0.1) is 0 Å². The Morgan fingerprint density at radius 2 is 1.95 bits per heavy atom. The minimum Gasteiger partial charge on any atom is -0.465 e. The molecular weight excluding hydrogens is 346 g/mol. The van der Waals surface area contributed by atoms with E-state index in [4.69, 9.17) is 5.73 Å². The summed E-state index contributed by atoms with van der Waals surface area (Å²) in [5, 5.41) is 2.70. The molecule has 3 N–H and O–H groups in total. The number of hydrogen-bond acceptors (Lipinski definition) is 4. The van der Waals surface area contributed by atoms with E-state index >= 15 is 0 Å². The highest BCUT2D eigenvalue weighted by molar-refractivity contribution is 9.10. The molecule has 7 heteroatoms. The highest BCUT2D eigenvalue weighted by Gasteiger charge is 2.15. The maximum Gasteiger partial charge on any atom is 0.340 e. The minimum atomic E-state index is -0.686. The molecule has 2 rings (SSSR count). The van der Waals surface area contributed by atoms with Crippen molar-refractivity contribution in [1.29, 1.82) is 0 Å². The number of nitrogen functional groups attached to an aromatic ring is 1. The highest BCUT2D eigenvalue weighted by Crippen LogP contribution is 2.30. The van der Waals surface area contributed by atoms with Crippen molar-refractivity contribution in [1.82, 2.24) is 0 Å². The van der Waals surface area contributed by atoms with Crippen LogP contribution in [0.3, 0.4) is 0 Å². The third kappa shape index (κ3) is 3.30. The second kappa shape index (κ2) is 6.09. The number of anilines is 3. The lowest BCUT2D eigenvalue weighted by Crippen LogP contribution is -2.08. The predicted molar refractivity (Wildman–Crippen MR) is 79.5 cm³/mol. The molecule has 2 aromatic carbocycles. The number of nitrogens with one attached hydrogen (secondary N) is 1. The second-order valence-electron chi connectivity index (χ2n) is 4.16. The molecule has 0 aliphatic heterocycles. The van der Waals surface area contributed by atoms with Gasteiger partial charge in [0.1, 0.15) is 11.6 Å². The molecule has 0 saturated heterocycles. The summed E-state index contributed by atoms with van der Waals surface area (Å²) in [5.74, 6) is -1.84. The number of ether oxygens (including phenoxy) is 1. The minimum absolute atomic E-state index is 0.0177. The quantitative estimate of drug-likeness (QED) is 0.647. The maximum atomic E-state index is 13.9. The van der Waals surface area contributed by atoms with E-state index < -0.39 is 17.6 Å². The number of nitrogens with two attached hydrogens (primary N) is 1. The van der Waals surface area contributed by atoms with Gasteiger partial charge >= 0.3 is 5.97 Å². The topological polar surface area (TPSA) is 64.3 Å². The lowest BCUT2D eigenvalue weighted by Gasteiger charge is -2.12. The fourth-order valence-corrected chi connectivity index (χ4v) is 2.06. The molecule has 110 valence electrons. The van der Waals surface area contributed by atoms with Crippen molar-refractivity contribution < 1.29 is 18.3 Å². The molecular formula is C14H11BrF2N2O2. The molecule has 4 nitrogen and oxygen atoms in total. The molecule has 0 bridgehead atoms. The van der Waals surface area contributed by atoms with Crippen LogP contribution in [-0.2, 0) is 4.74 Å². The van der Waals surface area contributed by atoms with Crippen molar-refractivity contribution in [2.45, 2.75) is 0 Å². The standard InChI is InChI=1S/C14H11BrF2N2O2/c1-21-14(20)8-5-13(10(17)6-11(8)18)19-12-4-7(16)2-3-9(12)15/h2-6,19H,18H2,1H3. The molecule has 0 saturated carbocycles. The van der Waals surface area contributed by atoms with Gasteiger partial charge < -0.3 is 15.8 Å². The van der Waals surface area contributed by atoms with Crippen molar-refractivity contribution in [2.75, 3.05) is 18.2 Å². The zero-order chi connectivity index (χ0) is 15.6. The van der Waals surface area contributed by atoms with Gasteiger partial charge in [-0.05, 0) is 46.3 Å². The summed E-state index contributed by atoms with van der Waals surface area (Å²) in [6.07, 6.45) is 0. The Bertz CT molecular complexity index is 708. The first-order valence-electron chi connectivity index (χ1n) is 5.81. The van der Waals surface area contributed by atoms with Gasteiger partial charge in [-0.25, -0.2) is 13.6 Å². The van der Waals surface area contributed by atoms with Crippen LogP contribution in [0.25, 0.3) is 0 Å². The van der Waals surface area contributed by atoms with Gasteiger partial charge in [0, 0.05) is 10.2 Å². The molecule has 0 aliphatic rings. The summed E-state index contributed by atoms with van der Waals surface area (Å²) in [4.78, 5) is 11.5. The Morgan fingerprint density at radius 3 is 2.62 bits per heavy atom. The lowest BCUT2D eigenvalue weighted by atomic mass is 10.1. The second-order valence-corrected chi connectivity index (χ2v) is 5.01. The smallest absolute Gasteiger partial charge is 0.340 e. The van der Waals surface area contributed by atoms with E-state index in [9.17, 15) is 13.6 Å². The van der Waals surface area contributed by atoms with Gasteiger partial charge in [0.15, 0.2) is 0 Å². The van der Waals surface area contributed by atoms with E-state index in [1.807, 2.05) is 0 Å². The molecule has 0 radical (unpaired) electrons. The van der Waals surface area contributed by atoms with E-state index in [-0.39, 0.29) is 16.9 Å². The summed E-state index contributed by atoms with van der Waals surface area (Å²) in [5.41, 5.74) is 5.86. The Hall–Kier alpha value is -2.15. The SMILES string of the molecule is COC(=O)c1cc(Nc2cc(F)ccc2Br)c(F)cc1N. The molecule has 21 heavy (non-hydrogen) atoms. The van der Waals surface area contributed by atoms with Crippen molar-refractivity contribution in [3.8, 4) is 0 Å². The fourth-order valence-electron chi connectivity index (χ4n) is 1.71. The fraction of sp³-hybridized carbons (Fsp3) is 0.0714. The highest BCUT2D eigenvalue weighted by atomic mass is 79.9. The first kappa shape index (κ1) is 15.2. The van der Waals surface area contributed by atoms with Gasteiger partial charge in [-0.2, -0.15) is 0 Å². The van der Waals surface area contributed by atoms with E-state index in [1.54, 1.807) is 0 Å². The molecule has 2 aromatic rings. The van der Waals surface area contributed by atoms with E-state index in [2.05, 4.69) is 26.0 Å². The van der Waals surface area contributed by atoms with Crippen LogP contribution in [0.4, 0.5) is 25.8 Å². The normalized spacial score (nSPS) is 10.3. The summed E-state index contributed by atoms with van der Waals surface area (Å²) in [7, 11) is 1.20. The van der Waals surface area contributed by atoms with Gasteiger partial charge in [0.05, 0.1) is 24.0 Å². The first-order chi connectivity index (χ1) is 9.92. The van der Waals surface area contributed by atoms with Gasteiger partial charge in [0.25, 0.3) is 0 Å². The summed E-state index contributed by atoms with van der Waals surface area (Å²) in [6, 6.07) is 6.15. The van der Waals surface area contributed by atoms with Crippen molar-refractivity contribution in [3.05, 3.63) is 52.0 Å². The largest absolute Gasteiger partial charge is 0.465 e. The number of rotatable bonds is 3. The lowest BCUT2D eigenvalue weighted by molar-refractivity contribution is 0.0602. The van der Waals surface area contributed by atoms with E-state index in [0.717, 1.165) is 6.07 Å². The van der Waals surface area contributed by atoms with Crippen molar-refractivity contribution in [3.63, 3.8) is 0 Å². The Labute approximate surface area is 128 Å². The Morgan fingerprint density at radius 1 is 1.24 bits per heavy atom. The molecule has 0 unspecified atom stereocenters. The maximum absolute atomic E-state index is 13.9. The van der Waals surface area contributed by atoms with Crippen LogP contribution in [0.1, 0.15) is 10.4 Å². The van der Waals surface area contributed by atoms with Crippen LogP contribution in [-0.4, -0.2) is 13.1 Å². The monoisotopic (exact) mass is 356 g/mol. The predicted octanol–water partition coefficient (Wildman–Crippen LogP) is 3.84. The van der Waals surface area contributed by atoms with Crippen molar-refractivity contribution in [2.24, 2.45) is 0 Å². The molecule has 0 spiro atoms. The molecule has 0 aromatic heterocycles. The molecule has 0 heterocycles. The van der Waals surface area contributed by atoms with Gasteiger partial charge in [-0.1, -0.05) is 0 Å². The zero-order valence-electron chi connectivity index (χ0n) is 10.9. The van der Waals surface area contributed by atoms with Crippen LogP contribution >= 0.6 is 15.9 Å².